The number of ketones is 3. The van der Waals surface area contributed by atoms with E-state index in [2.05, 4.69) is 0 Å². The van der Waals surface area contributed by atoms with Crippen LogP contribution in [0.5, 0.6) is 5.75 Å². The number of carbonyl (C=O) groups is 3. The van der Waals surface area contributed by atoms with Gasteiger partial charge in [-0.05, 0) is 55.1 Å². The molecular formula is C26H32O5. The molecule has 31 heavy (non-hydrogen) atoms. The van der Waals surface area contributed by atoms with Gasteiger partial charge in [-0.25, -0.2) is 0 Å². The molecule has 7 atom stereocenters. The number of Topliss-reactive ketones (excluding diaryl/α,β-unsaturated/α-hetero) is 3. The topological polar surface area (TPSA) is 91.7 Å². The molecule has 3 aliphatic rings. The van der Waals surface area contributed by atoms with Gasteiger partial charge in [-0.1, -0.05) is 46.8 Å². The molecule has 2 N–H and O–H groups in total. The van der Waals surface area contributed by atoms with Crippen molar-refractivity contribution in [1.82, 2.24) is 0 Å². The van der Waals surface area contributed by atoms with Crippen molar-refractivity contribution in [3.05, 3.63) is 34.9 Å². The van der Waals surface area contributed by atoms with E-state index in [1.807, 2.05) is 40.7 Å². The molecule has 0 amide bonds. The SMILES string of the molecule is CC(=O)C1C(=O)C2(C)C(=O)C3=C(O)c4c(O)cccc4C(C)C3(C)CC2(C)C(C)C1C. The molecule has 166 valence electrons. The van der Waals surface area contributed by atoms with Gasteiger partial charge >= 0.3 is 0 Å². The molecule has 1 aromatic rings. The third-order valence-corrected chi connectivity index (χ3v) is 9.63. The highest BCUT2D eigenvalue weighted by Gasteiger charge is 2.71. The van der Waals surface area contributed by atoms with Crippen LogP contribution >= 0.6 is 0 Å². The number of allylic oxidation sites excluding steroid dienone is 1. The summed E-state index contributed by atoms with van der Waals surface area (Å²) in [5.74, 6) is -2.47. The summed E-state index contributed by atoms with van der Waals surface area (Å²) >= 11 is 0. The number of aliphatic hydroxyl groups excluding tert-OH is 1. The molecule has 0 aliphatic heterocycles. The van der Waals surface area contributed by atoms with Crippen molar-refractivity contribution in [2.75, 3.05) is 0 Å². The van der Waals surface area contributed by atoms with Crippen molar-refractivity contribution in [1.29, 1.82) is 0 Å². The van der Waals surface area contributed by atoms with E-state index in [1.54, 1.807) is 13.0 Å². The Kier molecular flexibility index (Phi) is 4.43. The molecule has 2 saturated carbocycles. The second-order valence-electron chi connectivity index (χ2n) is 10.8. The average molecular weight is 425 g/mol. The molecule has 0 spiro atoms. The van der Waals surface area contributed by atoms with E-state index in [-0.39, 0.29) is 52.0 Å². The average Bonchev–Trinajstić information content (AvgIpc) is 2.68. The molecule has 3 aliphatic carbocycles. The molecule has 0 radical (unpaired) electrons. The lowest BCUT2D eigenvalue weighted by atomic mass is 9.37. The fourth-order valence-electron chi connectivity index (χ4n) is 7.17. The quantitative estimate of drug-likeness (QED) is 0.630. The second-order valence-corrected chi connectivity index (χ2v) is 10.8. The van der Waals surface area contributed by atoms with E-state index in [1.165, 1.54) is 13.0 Å². The lowest BCUT2D eigenvalue weighted by molar-refractivity contribution is -0.176. The predicted octanol–water partition coefficient (Wildman–Crippen LogP) is 4.83. The normalized spacial score (nSPS) is 42.0. The lowest BCUT2D eigenvalue weighted by Crippen LogP contribution is -2.67. The lowest BCUT2D eigenvalue weighted by Gasteiger charge is -2.63. The molecule has 0 saturated heterocycles. The monoisotopic (exact) mass is 424 g/mol. The Morgan fingerprint density at radius 2 is 1.68 bits per heavy atom. The minimum absolute atomic E-state index is 0.0497. The molecule has 5 heteroatoms. The molecule has 5 nitrogen and oxygen atoms in total. The summed E-state index contributed by atoms with van der Waals surface area (Å²) in [6.07, 6.45) is 0.528. The maximum Gasteiger partial charge on any atom is 0.176 e. The smallest absolute Gasteiger partial charge is 0.176 e. The summed E-state index contributed by atoms with van der Waals surface area (Å²) < 4.78 is 0. The Labute approximate surface area is 183 Å². The number of hydrogen-bond acceptors (Lipinski definition) is 5. The Hall–Kier alpha value is -2.43. The first-order valence-corrected chi connectivity index (χ1v) is 11.1. The third kappa shape index (κ3) is 2.30. The Bertz CT molecular complexity index is 1070. The van der Waals surface area contributed by atoms with Crippen molar-refractivity contribution in [2.24, 2.45) is 34.0 Å². The fraction of sp³-hybridized carbons (Fsp3) is 0.577. The summed E-state index contributed by atoms with van der Waals surface area (Å²) in [7, 11) is 0. The molecule has 2 fully saturated rings. The van der Waals surface area contributed by atoms with Crippen LogP contribution < -0.4 is 0 Å². The number of hydrogen-bond donors (Lipinski definition) is 2. The van der Waals surface area contributed by atoms with Crippen molar-refractivity contribution < 1.29 is 24.6 Å². The zero-order valence-electron chi connectivity index (χ0n) is 19.4. The standard InChI is InChI=1S/C26H32O5/c1-12-13(2)25(6)11-24(5)14(3)16-9-8-10-17(28)19(16)21(29)20(24)23(31)26(25,7)22(30)18(12)15(4)27/h8-10,12-14,18,28-29H,11H2,1-7H3. The van der Waals surface area contributed by atoms with Gasteiger partial charge in [-0.3, -0.25) is 14.4 Å². The van der Waals surface area contributed by atoms with Crippen LogP contribution in [0.4, 0.5) is 0 Å². The highest BCUT2D eigenvalue weighted by atomic mass is 16.3. The van der Waals surface area contributed by atoms with Gasteiger partial charge in [0.05, 0.1) is 16.9 Å². The van der Waals surface area contributed by atoms with E-state index < -0.39 is 27.9 Å². The van der Waals surface area contributed by atoms with Crippen molar-refractivity contribution in [2.45, 2.75) is 60.8 Å². The highest BCUT2D eigenvalue weighted by Crippen LogP contribution is 2.69. The minimum Gasteiger partial charge on any atom is -0.507 e. The van der Waals surface area contributed by atoms with Crippen LogP contribution in [0, 0.1) is 34.0 Å². The van der Waals surface area contributed by atoms with Crippen LogP contribution in [0.15, 0.2) is 23.8 Å². The Morgan fingerprint density at radius 3 is 2.26 bits per heavy atom. The number of phenols is 1. The molecule has 7 unspecified atom stereocenters. The summed E-state index contributed by atoms with van der Waals surface area (Å²) in [4.78, 5) is 40.4. The van der Waals surface area contributed by atoms with Crippen LogP contribution in [-0.4, -0.2) is 27.6 Å². The largest absolute Gasteiger partial charge is 0.507 e. The number of rotatable bonds is 1. The zero-order chi connectivity index (χ0) is 23.3. The minimum atomic E-state index is -1.42. The van der Waals surface area contributed by atoms with E-state index >= 15 is 0 Å². The molecule has 0 heterocycles. The number of carbonyl (C=O) groups excluding carboxylic acids is 3. The van der Waals surface area contributed by atoms with Gasteiger partial charge in [0, 0.05) is 11.0 Å². The van der Waals surface area contributed by atoms with Crippen LogP contribution in [0.2, 0.25) is 0 Å². The first-order valence-electron chi connectivity index (χ1n) is 11.1. The van der Waals surface area contributed by atoms with Crippen molar-refractivity contribution >= 4 is 23.1 Å². The number of phenolic OH excluding ortho intramolecular Hbond substituents is 1. The Balaban J connectivity index is 2.04. The van der Waals surface area contributed by atoms with Gasteiger partial charge in [0.1, 0.15) is 17.3 Å². The summed E-state index contributed by atoms with van der Waals surface area (Å²) in [6.45, 7) is 13.1. The maximum absolute atomic E-state index is 14.2. The van der Waals surface area contributed by atoms with Crippen LogP contribution in [0.1, 0.15) is 71.9 Å². The number of aliphatic hydroxyl groups is 1. The molecule has 4 rings (SSSR count). The molecule has 1 aromatic carbocycles. The molecule has 0 bridgehead atoms. The summed E-state index contributed by atoms with van der Waals surface area (Å²) in [5, 5.41) is 21.8. The second kappa shape index (κ2) is 6.30. The summed E-state index contributed by atoms with van der Waals surface area (Å²) in [6, 6.07) is 5.11. The van der Waals surface area contributed by atoms with E-state index in [4.69, 9.17) is 0 Å². The number of benzene rings is 1. The van der Waals surface area contributed by atoms with Gasteiger partial charge in [-0.15, -0.1) is 0 Å². The van der Waals surface area contributed by atoms with Gasteiger partial charge in [0.25, 0.3) is 0 Å². The molecule has 0 aromatic heterocycles. The van der Waals surface area contributed by atoms with Crippen LogP contribution in [-0.2, 0) is 14.4 Å². The fourth-order valence-corrected chi connectivity index (χ4v) is 7.17. The first-order chi connectivity index (χ1) is 14.2. The van der Waals surface area contributed by atoms with Crippen LogP contribution in [0.25, 0.3) is 5.76 Å². The Morgan fingerprint density at radius 1 is 1.06 bits per heavy atom. The van der Waals surface area contributed by atoms with Gasteiger partial charge in [0.2, 0.25) is 0 Å². The van der Waals surface area contributed by atoms with Crippen molar-refractivity contribution in [3.63, 3.8) is 0 Å². The highest BCUT2D eigenvalue weighted by molar-refractivity contribution is 6.23. The van der Waals surface area contributed by atoms with E-state index in [0.717, 1.165) is 5.56 Å². The first kappa shape index (κ1) is 21.8. The molecular weight excluding hydrogens is 392 g/mol. The summed E-state index contributed by atoms with van der Waals surface area (Å²) in [5.41, 5.74) is -1.50. The number of fused-ring (bicyclic) bond motifs is 3. The van der Waals surface area contributed by atoms with Gasteiger partial charge in [-0.2, -0.15) is 0 Å². The van der Waals surface area contributed by atoms with E-state index in [9.17, 15) is 24.6 Å². The van der Waals surface area contributed by atoms with Crippen molar-refractivity contribution in [3.8, 4) is 5.75 Å². The predicted molar refractivity (Wildman–Crippen MR) is 118 cm³/mol. The number of aromatic hydroxyl groups is 1. The third-order valence-electron chi connectivity index (χ3n) is 9.63. The maximum atomic E-state index is 14.2. The van der Waals surface area contributed by atoms with Crippen LogP contribution in [0.3, 0.4) is 0 Å². The van der Waals surface area contributed by atoms with Gasteiger partial charge in [0.15, 0.2) is 11.6 Å². The zero-order valence-corrected chi connectivity index (χ0v) is 19.4. The van der Waals surface area contributed by atoms with E-state index in [0.29, 0.717) is 6.42 Å². The van der Waals surface area contributed by atoms with Gasteiger partial charge < -0.3 is 10.2 Å².